The predicted molar refractivity (Wildman–Crippen MR) is 109 cm³/mol. The van der Waals surface area contributed by atoms with E-state index in [-0.39, 0.29) is 0 Å². The van der Waals surface area contributed by atoms with E-state index in [0.29, 0.717) is 0 Å². The third-order valence-electron chi connectivity index (χ3n) is 4.84. The van der Waals surface area contributed by atoms with Crippen LogP contribution in [0.5, 0.6) is 0 Å². The van der Waals surface area contributed by atoms with Crippen molar-refractivity contribution in [2.45, 2.75) is 25.7 Å². The van der Waals surface area contributed by atoms with Crippen molar-refractivity contribution in [1.82, 2.24) is 15.3 Å². The van der Waals surface area contributed by atoms with Gasteiger partial charge in [-0.15, -0.1) is 0 Å². The summed E-state index contributed by atoms with van der Waals surface area (Å²) in [5.41, 5.74) is 2.55. The molecule has 1 unspecified atom stereocenters. The number of anilines is 2. The standard InChI is InChI=1S/C21H24N4S/c1-2-6-18(7-3-1)19-15-24-21(26-19)25-20-14-17(9-12-23-20)13-16-5-4-10-22-11-8-16/h1-3,6-7,9,12,14-16,22H,4-5,8,10-11,13H2,(H,23,24,25). The minimum absolute atomic E-state index is 0.768. The third-order valence-corrected chi connectivity index (χ3v) is 5.80. The molecule has 5 heteroatoms. The summed E-state index contributed by atoms with van der Waals surface area (Å²) in [4.78, 5) is 10.1. The van der Waals surface area contributed by atoms with E-state index in [1.54, 1.807) is 11.3 Å². The quantitative estimate of drug-likeness (QED) is 0.677. The number of hydrogen-bond donors (Lipinski definition) is 2. The molecule has 4 nitrogen and oxygen atoms in total. The Morgan fingerprint density at radius 1 is 1.08 bits per heavy atom. The number of thiazole rings is 1. The molecule has 1 aliphatic heterocycles. The van der Waals surface area contributed by atoms with Crippen LogP contribution < -0.4 is 10.6 Å². The van der Waals surface area contributed by atoms with Crippen LogP contribution in [0.15, 0.2) is 54.9 Å². The van der Waals surface area contributed by atoms with E-state index in [4.69, 9.17) is 0 Å². The zero-order valence-electron chi connectivity index (χ0n) is 14.8. The lowest BCUT2D eigenvalue weighted by Crippen LogP contribution is -2.14. The molecule has 1 aliphatic rings. The number of nitrogens with one attached hydrogen (secondary N) is 2. The van der Waals surface area contributed by atoms with Crippen LogP contribution >= 0.6 is 11.3 Å². The minimum Gasteiger partial charge on any atom is -0.317 e. The molecule has 3 heterocycles. The van der Waals surface area contributed by atoms with Crippen molar-refractivity contribution < 1.29 is 0 Å². The maximum absolute atomic E-state index is 4.50. The lowest BCUT2D eigenvalue weighted by molar-refractivity contribution is 0.470. The van der Waals surface area contributed by atoms with Crippen molar-refractivity contribution in [2.75, 3.05) is 18.4 Å². The fourth-order valence-electron chi connectivity index (χ4n) is 3.48. The van der Waals surface area contributed by atoms with Crippen molar-refractivity contribution in [2.24, 2.45) is 5.92 Å². The highest BCUT2D eigenvalue weighted by Gasteiger charge is 2.13. The Morgan fingerprint density at radius 2 is 2.00 bits per heavy atom. The Kier molecular flexibility index (Phi) is 5.57. The molecule has 0 spiro atoms. The van der Waals surface area contributed by atoms with Gasteiger partial charge in [0.2, 0.25) is 0 Å². The van der Waals surface area contributed by atoms with Crippen LogP contribution in [0.2, 0.25) is 0 Å². The van der Waals surface area contributed by atoms with Crippen LogP contribution in [0.25, 0.3) is 10.4 Å². The first-order valence-corrected chi connectivity index (χ1v) is 10.1. The van der Waals surface area contributed by atoms with E-state index in [2.05, 4.69) is 57.0 Å². The minimum atomic E-state index is 0.768. The summed E-state index contributed by atoms with van der Waals surface area (Å²) in [5.74, 6) is 1.65. The van der Waals surface area contributed by atoms with Gasteiger partial charge in [0.15, 0.2) is 5.13 Å². The van der Waals surface area contributed by atoms with Crippen molar-refractivity contribution in [3.05, 3.63) is 60.4 Å². The molecule has 1 aromatic carbocycles. The van der Waals surface area contributed by atoms with Gasteiger partial charge in [-0.3, -0.25) is 0 Å². The molecule has 0 aliphatic carbocycles. The second-order valence-electron chi connectivity index (χ2n) is 6.82. The molecule has 1 atom stereocenters. The van der Waals surface area contributed by atoms with E-state index in [0.717, 1.165) is 41.3 Å². The average Bonchev–Trinajstić information content (AvgIpc) is 2.98. The Labute approximate surface area is 158 Å². The molecular weight excluding hydrogens is 340 g/mol. The first-order chi connectivity index (χ1) is 12.9. The Hall–Kier alpha value is -2.24. The second-order valence-corrected chi connectivity index (χ2v) is 7.85. The summed E-state index contributed by atoms with van der Waals surface area (Å²) in [6.07, 6.45) is 8.81. The number of rotatable bonds is 5. The van der Waals surface area contributed by atoms with Crippen molar-refractivity contribution in [1.29, 1.82) is 0 Å². The lowest BCUT2D eigenvalue weighted by Gasteiger charge is -2.14. The van der Waals surface area contributed by atoms with Gasteiger partial charge in [0.1, 0.15) is 5.82 Å². The van der Waals surface area contributed by atoms with Gasteiger partial charge in [-0.1, -0.05) is 41.7 Å². The van der Waals surface area contributed by atoms with E-state index >= 15 is 0 Å². The Morgan fingerprint density at radius 3 is 2.92 bits per heavy atom. The van der Waals surface area contributed by atoms with Gasteiger partial charge in [-0.2, -0.15) is 0 Å². The van der Waals surface area contributed by atoms with Gasteiger partial charge >= 0.3 is 0 Å². The van der Waals surface area contributed by atoms with E-state index in [1.807, 2.05) is 18.5 Å². The van der Waals surface area contributed by atoms with Gasteiger partial charge in [0, 0.05) is 12.4 Å². The summed E-state index contributed by atoms with van der Waals surface area (Å²) in [7, 11) is 0. The average molecular weight is 365 g/mol. The second kappa shape index (κ2) is 8.43. The highest BCUT2D eigenvalue weighted by atomic mass is 32.1. The fourth-order valence-corrected chi connectivity index (χ4v) is 4.30. The van der Waals surface area contributed by atoms with Crippen LogP contribution in [0.3, 0.4) is 0 Å². The summed E-state index contributed by atoms with van der Waals surface area (Å²) >= 11 is 1.65. The highest BCUT2D eigenvalue weighted by Crippen LogP contribution is 2.30. The Balaban J connectivity index is 1.43. The van der Waals surface area contributed by atoms with Crippen LogP contribution in [-0.2, 0) is 6.42 Å². The molecule has 134 valence electrons. The third kappa shape index (κ3) is 4.48. The van der Waals surface area contributed by atoms with Crippen LogP contribution in [-0.4, -0.2) is 23.1 Å². The maximum Gasteiger partial charge on any atom is 0.188 e. The number of hydrogen-bond acceptors (Lipinski definition) is 5. The SMILES string of the molecule is c1ccc(-c2cnc(Nc3cc(CC4CCCNCC4)ccn3)s2)cc1. The van der Waals surface area contributed by atoms with Gasteiger partial charge in [0.25, 0.3) is 0 Å². The van der Waals surface area contributed by atoms with Crippen LogP contribution in [0.4, 0.5) is 10.9 Å². The molecule has 4 rings (SSSR count). The van der Waals surface area contributed by atoms with E-state index in [9.17, 15) is 0 Å². The fraction of sp³-hybridized carbons (Fsp3) is 0.333. The normalized spacial score (nSPS) is 17.6. The summed E-state index contributed by atoms with van der Waals surface area (Å²) in [6.45, 7) is 2.30. The van der Waals surface area contributed by atoms with Crippen LogP contribution in [0, 0.1) is 5.92 Å². The molecule has 3 aromatic rings. The molecule has 26 heavy (non-hydrogen) atoms. The summed E-state index contributed by atoms with van der Waals surface area (Å²) < 4.78 is 0. The number of benzene rings is 1. The van der Waals surface area contributed by atoms with Gasteiger partial charge in [-0.25, -0.2) is 9.97 Å². The smallest absolute Gasteiger partial charge is 0.188 e. The monoisotopic (exact) mass is 364 g/mol. The van der Waals surface area contributed by atoms with Gasteiger partial charge < -0.3 is 10.6 Å². The van der Waals surface area contributed by atoms with Crippen LogP contribution in [0.1, 0.15) is 24.8 Å². The molecule has 0 saturated carbocycles. The van der Waals surface area contributed by atoms with Crippen molar-refractivity contribution in [3.8, 4) is 10.4 Å². The summed E-state index contributed by atoms with van der Waals surface area (Å²) in [5, 5.41) is 7.74. The zero-order chi connectivity index (χ0) is 17.6. The van der Waals surface area contributed by atoms with Crippen molar-refractivity contribution in [3.63, 3.8) is 0 Å². The summed E-state index contributed by atoms with van der Waals surface area (Å²) in [6, 6.07) is 14.7. The first kappa shape index (κ1) is 17.2. The molecule has 0 amide bonds. The Bertz CT molecular complexity index is 823. The zero-order valence-corrected chi connectivity index (χ0v) is 15.6. The number of nitrogens with zero attached hydrogens (tertiary/aromatic N) is 2. The highest BCUT2D eigenvalue weighted by molar-refractivity contribution is 7.18. The van der Waals surface area contributed by atoms with E-state index in [1.165, 1.54) is 30.4 Å². The van der Waals surface area contributed by atoms with Crippen molar-refractivity contribution >= 4 is 22.3 Å². The van der Waals surface area contributed by atoms with E-state index < -0.39 is 0 Å². The number of pyridine rings is 1. The molecular formula is C21H24N4S. The predicted octanol–water partition coefficient (Wildman–Crippen LogP) is 4.88. The first-order valence-electron chi connectivity index (χ1n) is 9.31. The molecule has 0 bridgehead atoms. The largest absolute Gasteiger partial charge is 0.317 e. The lowest BCUT2D eigenvalue weighted by atomic mass is 9.93. The molecule has 2 aromatic heterocycles. The van der Waals surface area contributed by atoms with Gasteiger partial charge in [0.05, 0.1) is 4.88 Å². The van der Waals surface area contributed by atoms with Gasteiger partial charge in [-0.05, 0) is 68.0 Å². The molecule has 1 saturated heterocycles. The molecule has 0 radical (unpaired) electrons. The number of aromatic nitrogens is 2. The maximum atomic E-state index is 4.50. The topological polar surface area (TPSA) is 49.8 Å². The molecule has 1 fully saturated rings. The molecule has 2 N–H and O–H groups in total.